The van der Waals surface area contributed by atoms with Gasteiger partial charge in [-0.05, 0) is 55.6 Å². The number of sulfonamides is 1. The van der Waals surface area contributed by atoms with Crippen LogP contribution in [-0.2, 0) is 10.0 Å². The lowest BCUT2D eigenvalue weighted by Crippen LogP contribution is -2.27. The number of hydrogen-bond donors (Lipinski definition) is 2. The minimum Gasteiger partial charge on any atom is -0.478 e. The molecule has 1 heterocycles. The van der Waals surface area contributed by atoms with E-state index in [1.165, 1.54) is 12.1 Å². The van der Waals surface area contributed by atoms with Crippen molar-refractivity contribution in [3.63, 3.8) is 0 Å². The molecule has 2 N–H and O–H groups in total. The smallest absolute Gasteiger partial charge is 0.336 e. The molecular formula is C13H15N3O4S2. The zero-order valence-corrected chi connectivity index (χ0v) is 13.8. The van der Waals surface area contributed by atoms with E-state index in [1.54, 1.807) is 26.2 Å². The minimum atomic E-state index is -3.86. The number of aryl methyl sites for hydroxylation is 1. The number of hydrogen-bond acceptors (Lipinski definition) is 6. The molecule has 1 unspecified atom stereocenters. The van der Waals surface area contributed by atoms with E-state index in [4.69, 9.17) is 0 Å². The Morgan fingerprint density at radius 3 is 2.59 bits per heavy atom. The van der Waals surface area contributed by atoms with Crippen LogP contribution in [0.15, 0.2) is 22.4 Å². The molecule has 1 atom stereocenters. The fraction of sp³-hybridized carbons (Fsp3) is 0.308. The highest BCUT2D eigenvalue weighted by Crippen LogP contribution is 2.22. The molecule has 0 aliphatic carbocycles. The normalized spacial score (nSPS) is 13.0. The van der Waals surface area contributed by atoms with E-state index in [0.29, 0.717) is 16.8 Å². The lowest BCUT2D eigenvalue weighted by Gasteiger charge is -2.14. The second-order valence-electron chi connectivity index (χ2n) is 4.89. The van der Waals surface area contributed by atoms with Crippen molar-refractivity contribution < 1.29 is 18.3 Å². The van der Waals surface area contributed by atoms with Crippen LogP contribution in [0.3, 0.4) is 0 Å². The lowest BCUT2D eigenvalue weighted by molar-refractivity contribution is 0.0695. The molecule has 0 radical (unpaired) electrons. The lowest BCUT2D eigenvalue weighted by atomic mass is 10.0. The molecule has 1 aromatic carbocycles. The Bertz CT molecular complexity index is 801. The van der Waals surface area contributed by atoms with Crippen LogP contribution < -0.4 is 4.72 Å². The number of nitrogens with one attached hydrogen (secondary N) is 1. The molecule has 0 saturated carbocycles. The molecule has 2 rings (SSSR count). The third-order valence-electron chi connectivity index (χ3n) is 3.33. The molecule has 0 aliphatic rings. The summed E-state index contributed by atoms with van der Waals surface area (Å²) in [4.78, 5) is 11.1. The zero-order chi connectivity index (χ0) is 16.5. The Hall–Kier alpha value is -1.84. The van der Waals surface area contributed by atoms with Gasteiger partial charge in [0.1, 0.15) is 0 Å². The van der Waals surface area contributed by atoms with Crippen molar-refractivity contribution in [3.05, 3.63) is 39.9 Å². The number of aromatic nitrogens is 2. The van der Waals surface area contributed by atoms with Crippen LogP contribution in [0.4, 0.5) is 0 Å². The number of carboxylic acid groups (broad SMARTS) is 1. The summed E-state index contributed by atoms with van der Waals surface area (Å²) in [7, 11) is -3.86. The van der Waals surface area contributed by atoms with Gasteiger partial charge in [-0.3, -0.25) is 0 Å². The third-order valence-corrected chi connectivity index (χ3v) is 5.38. The second-order valence-corrected chi connectivity index (χ2v) is 7.21. The fourth-order valence-corrected chi connectivity index (χ4v) is 3.80. The van der Waals surface area contributed by atoms with Crippen LogP contribution in [0.2, 0.25) is 0 Å². The quantitative estimate of drug-likeness (QED) is 0.859. The van der Waals surface area contributed by atoms with Gasteiger partial charge in [0, 0.05) is 5.38 Å². The van der Waals surface area contributed by atoms with Crippen molar-refractivity contribution in [2.45, 2.75) is 31.7 Å². The van der Waals surface area contributed by atoms with Crippen LogP contribution in [-0.4, -0.2) is 29.1 Å². The zero-order valence-electron chi connectivity index (χ0n) is 12.2. The first kappa shape index (κ1) is 16.5. The van der Waals surface area contributed by atoms with Crippen LogP contribution in [0.1, 0.15) is 40.1 Å². The van der Waals surface area contributed by atoms with Gasteiger partial charge in [-0.1, -0.05) is 4.49 Å². The summed E-state index contributed by atoms with van der Waals surface area (Å²) in [5, 5.41) is 14.6. The van der Waals surface area contributed by atoms with Crippen LogP contribution >= 0.6 is 11.5 Å². The minimum absolute atomic E-state index is 0.0247. The van der Waals surface area contributed by atoms with Crippen molar-refractivity contribution in [2.75, 3.05) is 0 Å². The number of carbonyl (C=O) groups is 1. The van der Waals surface area contributed by atoms with Crippen molar-refractivity contribution in [2.24, 2.45) is 0 Å². The molecule has 1 aromatic heterocycles. The van der Waals surface area contributed by atoms with E-state index in [9.17, 15) is 18.3 Å². The molecule has 2 aromatic rings. The largest absolute Gasteiger partial charge is 0.478 e. The van der Waals surface area contributed by atoms with Crippen molar-refractivity contribution in [3.8, 4) is 0 Å². The first-order valence-electron chi connectivity index (χ1n) is 6.36. The van der Waals surface area contributed by atoms with Gasteiger partial charge >= 0.3 is 5.97 Å². The van der Waals surface area contributed by atoms with Gasteiger partial charge in [-0.25, -0.2) is 17.9 Å². The summed E-state index contributed by atoms with van der Waals surface area (Å²) >= 11 is 1.13. The number of rotatable bonds is 5. The van der Waals surface area contributed by atoms with Gasteiger partial charge in [0.05, 0.1) is 22.2 Å². The molecule has 118 valence electrons. The molecule has 7 nitrogen and oxygen atoms in total. The average Bonchev–Trinajstić information content (AvgIpc) is 2.94. The topological polar surface area (TPSA) is 109 Å². The average molecular weight is 341 g/mol. The van der Waals surface area contributed by atoms with Crippen LogP contribution in [0.25, 0.3) is 0 Å². The molecule has 0 saturated heterocycles. The van der Waals surface area contributed by atoms with Crippen molar-refractivity contribution in [1.29, 1.82) is 0 Å². The Labute approximate surface area is 132 Å². The maximum absolute atomic E-state index is 12.4. The number of nitrogens with zero attached hydrogens (tertiary/aromatic N) is 2. The second kappa shape index (κ2) is 6.11. The first-order valence-corrected chi connectivity index (χ1v) is 8.68. The number of benzene rings is 1. The molecule has 9 heteroatoms. The highest BCUT2D eigenvalue weighted by Gasteiger charge is 2.22. The Kier molecular flexibility index (Phi) is 4.59. The summed E-state index contributed by atoms with van der Waals surface area (Å²) in [5.41, 5.74) is 1.63. The van der Waals surface area contributed by atoms with E-state index >= 15 is 0 Å². The van der Waals surface area contributed by atoms with E-state index in [-0.39, 0.29) is 10.5 Å². The monoisotopic (exact) mass is 341 g/mol. The molecule has 0 bridgehead atoms. The summed E-state index contributed by atoms with van der Waals surface area (Å²) in [6, 6.07) is 2.06. The number of aromatic carboxylic acids is 1. The molecule has 22 heavy (non-hydrogen) atoms. The molecule has 0 aliphatic heterocycles. The third kappa shape index (κ3) is 3.32. The summed E-state index contributed by atoms with van der Waals surface area (Å²) in [5.74, 6) is -1.16. The van der Waals surface area contributed by atoms with E-state index in [1.807, 2.05) is 0 Å². The molecule has 0 fully saturated rings. The highest BCUT2D eigenvalue weighted by molar-refractivity contribution is 7.89. The van der Waals surface area contributed by atoms with E-state index in [0.717, 1.165) is 11.5 Å². The maximum atomic E-state index is 12.4. The summed E-state index contributed by atoms with van der Waals surface area (Å²) in [6.07, 6.45) is 0. The van der Waals surface area contributed by atoms with Crippen LogP contribution in [0, 0.1) is 13.8 Å². The van der Waals surface area contributed by atoms with Crippen molar-refractivity contribution in [1.82, 2.24) is 14.3 Å². The standard InChI is InChI=1S/C13H15N3O4S2/c1-7-4-10(5-11(8(7)2)13(17)18)22(19,20)15-9(3)12-6-21-16-14-12/h4-6,9,15H,1-3H3,(H,17,18). The molecule has 0 spiro atoms. The fourth-order valence-electron chi connectivity index (χ4n) is 1.93. The SMILES string of the molecule is Cc1cc(S(=O)(=O)NC(C)c2csnn2)cc(C(=O)O)c1C. The van der Waals surface area contributed by atoms with Gasteiger partial charge in [0.15, 0.2) is 0 Å². The predicted molar refractivity (Wildman–Crippen MR) is 81.5 cm³/mol. The Morgan fingerprint density at radius 2 is 2.05 bits per heavy atom. The summed E-state index contributed by atoms with van der Waals surface area (Å²) in [6.45, 7) is 4.97. The van der Waals surface area contributed by atoms with Gasteiger partial charge in [0.25, 0.3) is 0 Å². The molecule has 0 amide bonds. The number of carboxylic acids is 1. The Balaban J connectivity index is 2.39. The van der Waals surface area contributed by atoms with Crippen molar-refractivity contribution >= 4 is 27.5 Å². The van der Waals surface area contributed by atoms with E-state index < -0.39 is 22.0 Å². The summed E-state index contributed by atoms with van der Waals surface area (Å²) < 4.78 is 31.0. The van der Waals surface area contributed by atoms with Gasteiger partial charge in [0.2, 0.25) is 10.0 Å². The predicted octanol–water partition coefficient (Wildman–Crippen LogP) is 1.89. The first-order chi connectivity index (χ1) is 10.2. The Morgan fingerprint density at radius 1 is 1.36 bits per heavy atom. The molecular weight excluding hydrogens is 326 g/mol. The van der Waals surface area contributed by atoms with Gasteiger partial charge < -0.3 is 5.11 Å². The van der Waals surface area contributed by atoms with E-state index in [2.05, 4.69) is 14.3 Å². The maximum Gasteiger partial charge on any atom is 0.336 e. The van der Waals surface area contributed by atoms with Crippen LogP contribution in [0.5, 0.6) is 0 Å². The highest BCUT2D eigenvalue weighted by atomic mass is 32.2. The van der Waals surface area contributed by atoms with Gasteiger partial charge in [-0.15, -0.1) is 5.10 Å². The van der Waals surface area contributed by atoms with Gasteiger partial charge in [-0.2, -0.15) is 0 Å².